The maximum atomic E-state index is 13.2. The molecule has 1 aromatic rings. The third-order valence-electron chi connectivity index (χ3n) is 3.29. The molecule has 1 nitrogen and oxygen atoms in total. The number of benzene rings is 1. The molecule has 1 atom stereocenters. The predicted molar refractivity (Wildman–Crippen MR) is 64.1 cm³/mol. The summed E-state index contributed by atoms with van der Waals surface area (Å²) in [6.45, 7) is 12.3. The molecular formula is C13H20FN+. The smallest absolute Gasteiger partial charge is 0.135 e. The molecule has 1 rings (SSSR count). The van der Waals surface area contributed by atoms with Crippen LogP contribution in [0.15, 0.2) is 24.3 Å². The van der Waals surface area contributed by atoms with Crippen LogP contribution < -0.4 is 4.48 Å². The lowest BCUT2D eigenvalue weighted by Gasteiger charge is -2.40. The Hall–Kier alpha value is -0.890. The highest BCUT2D eigenvalue weighted by Crippen LogP contribution is 2.26. The predicted octanol–water partition coefficient (Wildman–Crippen LogP) is 3.40. The molecular weight excluding hydrogens is 189 g/mol. The molecule has 0 aromatic heterocycles. The van der Waals surface area contributed by atoms with Gasteiger partial charge in [0.25, 0.3) is 0 Å². The van der Waals surface area contributed by atoms with E-state index in [-0.39, 0.29) is 11.9 Å². The van der Waals surface area contributed by atoms with E-state index in [1.165, 1.54) is 6.07 Å². The number of hydrogen-bond acceptors (Lipinski definition) is 0. The fourth-order valence-electron chi connectivity index (χ4n) is 2.22. The van der Waals surface area contributed by atoms with Crippen molar-refractivity contribution in [2.24, 2.45) is 0 Å². The average molecular weight is 209 g/mol. The van der Waals surface area contributed by atoms with Gasteiger partial charge >= 0.3 is 0 Å². The van der Waals surface area contributed by atoms with Crippen LogP contribution in [0, 0.1) is 12.7 Å². The first kappa shape index (κ1) is 12.2. The van der Waals surface area contributed by atoms with Crippen LogP contribution in [-0.2, 0) is 0 Å². The molecule has 0 bridgehead atoms. The summed E-state index contributed by atoms with van der Waals surface area (Å²) in [4.78, 5) is 0. The van der Waals surface area contributed by atoms with Gasteiger partial charge in [-0.1, -0.05) is 6.07 Å². The third kappa shape index (κ3) is 2.20. The number of hydrogen-bond donors (Lipinski definition) is 0. The van der Waals surface area contributed by atoms with Crippen LogP contribution >= 0.6 is 0 Å². The van der Waals surface area contributed by atoms with Crippen molar-refractivity contribution in [2.45, 2.75) is 26.8 Å². The van der Waals surface area contributed by atoms with Crippen LogP contribution in [0.1, 0.15) is 20.8 Å². The molecule has 1 unspecified atom stereocenters. The Balaban J connectivity index is 3.20. The highest BCUT2D eigenvalue weighted by atomic mass is 19.1. The van der Waals surface area contributed by atoms with E-state index in [0.717, 1.165) is 23.3 Å². The molecule has 0 amide bonds. The van der Waals surface area contributed by atoms with Gasteiger partial charge in [-0.2, -0.15) is 0 Å². The van der Waals surface area contributed by atoms with Gasteiger partial charge in [0.1, 0.15) is 11.5 Å². The first-order valence-electron chi connectivity index (χ1n) is 5.52. The van der Waals surface area contributed by atoms with Crippen LogP contribution in [0.5, 0.6) is 0 Å². The van der Waals surface area contributed by atoms with Gasteiger partial charge in [0, 0.05) is 13.0 Å². The maximum absolute atomic E-state index is 13.2. The second kappa shape index (κ2) is 4.75. The number of rotatable bonds is 4. The summed E-state index contributed by atoms with van der Waals surface area (Å²) in [6.07, 6.45) is 0. The molecule has 0 fully saturated rings. The van der Waals surface area contributed by atoms with Crippen LogP contribution in [0.4, 0.5) is 10.1 Å². The molecule has 0 aliphatic carbocycles. The van der Waals surface area contributed by atoms with E-state index < -0.39 is 0 Å². The number of halogens is 1. The molecule has 0 aliphatic heterocycles. The van der Waals surface area contributed by atoms with Gasteiger partial charge in [-0.05, 0) is 32.9 Å². The lowest BCUT2D eigenvalue weighted by Crippen LogP contribution is -2.54. The van der Waals surface area contributed by atoms with Gasteiger partial charge in [0.2, 0.25) is 0 Å². The standard InChI is InChI=1S/C13H20FN/c1-5-15(6-2,11(3)4)13-9-7-8-12(14)10-13/h7-11H,3,5-6H2,1-2,4H3/q+1. The van der Waals surface area contributed by atoms with Gasteiger partial charge in [-0.3, -0.25) is 4.48 Å². The first-order chi connectivity index (χ1) is 7.06. The Morgan fingerprint density at radius 3 is 2.33 bits per heavy atom. The summed E-state index contributed by atoms with van der Waals surface area (Å²) >= 11 is 0. The summed E-state index contributed by atoms with van der Waals surface area (Å²) in [5.74, 6) is -0.169. The molecule has 2 heteroatoms. The third-order valence-corrected chi connectivity index (χ3v) is 3.29. The summed E-state index contributed by atoms with van der Waals surface area (Å²) in [6, 6.07) is 7.08. The van der Waals surface area contributed by atoms with Gasteiger partial charge < -0.3 is 0 Å². The highest BCUT2D eigenvalue weighted by molar-refractivity contribution is 5.43. The van der Waals surface area contributed by atoms with Crippen LogP contribution in [0.2, 0.25) is 0 Å². The van der Waals surface area contributed by atoms with Crippen molar-refractivity contribution in [3.8, 4) is 0 Å². The molecule has 15 heavy (non-hydrogen) atoms. The minimum absolute atomic E-state index is 0.169. The van der Waals surface area contributed by atoms with Gasteiger partial charge in [-0.25, -0.2) is 4.39 Å². The summed E-state index contributed by atoms with van der Waals surface area (Å²) in [7, 11) is 0. The van der Waals surface area contributed by atoms with Crippen molar-refractivity contribution >= 4 is 5.69 Å². The summed E-state index contributed by atoms with van der Waals surface area (Å²) < 4.78 is 13.9. The Bertz CT molecular complexity index is 316. The molecule has 0 saturated heterocycles. The van der Waals surface area contributed by atoms with Crippen molar-refractivity contribution in [1.82, 2.24) is 4.48 Å². The Labute approximate surface area is 92.1 Å². The fourth-order valence-corrected chi connectivity index (χ4v) is 2.22. The zero-order chi connectivity index (χ0) is 11.5. The van der Waals surface area contributed by atoms with Crippen LogP contribution in [0.25, 0.3) is 0 Å². The zero-order valence-electron chi connectivity index (χ0n) is 9.83. The Kier molecular flexibility index (Phi) is 3.86. The first-order valence-corrected chi connectivity index (χ1v) is 5.52. The highest BCUT2D eigenvalue weighted by Gasteiger charge is 2.30. The molecule has 0 N–H and O–H groups in total. The second-order valence-corrected chi connectivity index (χ2v) is 4.00. The molecule has 1 aromatic carbocycles. The number of quaternary nitrogens is 1. The van der Waals surface area contributed by atoms with E-state index in [1.807, 2.05) is 6.07 Å². The van der Waals surface area contributed by atoms with E-state index in [0.29, 0.717) is 0 Å². The minimum Gasteiger partial charge on any atom is -0.289 e. The van der Waals surface area contributed by atoms with E-state index in [9.17, 15) is 4.39 Å². The summed E-state index contributed by atoms with van der Waals surface area (Å²) in [5.41, 5.74) is 1.02. The topological polar surface area (TPSA) is 0 Å². The van der Waals surface area contributed by atoms with Crippen molar-refractivity contribution in [3.63, 3.8) is 0 Å². The lowest BCUT2D eigenvalue weighted by molar-refractivity contribution is 0.263. The summed E-state index contributed by atoms with van der Waals surface area (Å²) in [5, 5.41) is 0. The molecule has 0 aliphatic rings. The van der Waals surface area contributed by atoms with E-state index >= 15 is 0 Å². The molecule has 0 spiro atoms. The van der Waals surface area contributed by atoms with Gasteiger partial charge in [0.15, 0.2) is 0 Å². The number of nitrogens with zero attached hydrogens (tertiary/aromatic N) is 1. The largest absolute Gasteiger partial charge is 0.289 e. The SMILES string of the molecule is [CH2]C(C)[N+](CC)(CC)c1cccc(F)c1. The normalized spacial score (nSPS) is 12.1. The molecule has 0 saturated carbocycles. The van der Waals surface area contributed by atoms with Crippen molar-refractivity contribution < 1.29 is 4.39 Å². The van der Waals surface area contributed by atoms with Crippen molar-refractivity contribution in [2.75, 3.05) is 13.1 Å². The van der Waals surface area contributed by atoms with Crippen molar-refractivity contribution in [3.05, 3.63) is 37.0 Å². The van der Waals surface area contributed by atoms with E-state index in [4.69, 9.17) is 0 Å². The van der Waals surface area contributed by atoms with Crippen LogP contribution in [-0.4, -0.2) is 19.1 Å². The average Bonchev–Trinajstić information content (AvgIpc) is 2.20. The van der Waals surface area contributed by atoms with Gasteiger partial charge in [-0.15, -0.1) is 0 Å². The quantitative estimate of drug-likeness (QED) is 0.667. The van der Waals surface area contributed by atoms with E-state index in [1.54, 1.807) is 12.1 Å². The Morgan fingerprint density at radius 2 is 1.93 bits per heavy atom. The van der Waals surface area contributed by atoms with Crippen molar-refractivity contribution in [1.29, 1.82) is 0 Å². The monoisotopic (exact) mass is 209 g/mol. The van der Waals surface area contributed by atoms with Crippen LogP contribution in [0.3, 0.4) is 0 Å². The zero-order valence-corrected chi connectivity index (χ0v) is 9.83. The van der Waals surface area contributed by atoms with Gasteiger partial charge in [0.05, 0.1) is 19.1 Å². The Morgan fingerprint density at radius 1 is 1.33 bits per heavy atom. The molecule has 1 radical (unpaired) electrons. The minimum atomic E-state index is -0.169. The van der Waals surface area contributed by atoms with E-state index in [2.05, 4.69) is 27.7 Å². The second-order valence-electron chi connectivity index (χ2n) is 4.00. The maximum Gasteiger partial charge on any atom is 0.135 e. The fraction of sp³-hybridized carbons (Fsp3) is 0.462. The molecule has 0 heterocycles. The lowest BCUT2D eigenvalue weighted by atomic mass is 10.1. The molecule has 83 valence electrons.